The Balaban J connectivity index is 3.89. The topological polar surface area (TPSA) is 34.1 Å². The average Bonchev–Trinajstić information content (AvgIpc) is 2.23. The molecule has 0 aliphatic carbocycles. The third-order valence-electron chi connectivity index (χ3n) is 3.36. The van der Waals surface area contributed by atoms with E-state index >= 15 is 0 Å². The quantitative estimate of drug-likeness (QED) is 0.555. The van der Waals surface area contributed by atoms with Crippen molar-refractivity contribution in [3.8, 4) is 11.7 Å². The van der Waals surface area contributed by atoms with Crippen LogP contribution in [-0.4, -0.2) is 8.42 Å². The molecule has 0 amide bonds. The summed E-state index contributed by atoms with van der Waals surface area (Å²) in [5.41, 5.74) is 4.65. The fourth-order valence-corrected chi connectivity index (χ4v) is 3.16. The molecule has 3 heteroatoms. The van der Waals surface area contributed by atoms with Gasteiger partial charge in [0.25, 0.3) is 0 Å². The van der Waals surface area contributed by atoms with Crippen LogP contribution in [0.4, 0.5) is 0 Å². The predicted molar refractivity (Wildman–Crippen MR) is 66.1 cm³/mol. The van der Waals surface area contributed by atoms with Crippen LogP contribution >= 0.6 is 0 Å². The molecule has 0 radical (unpaired) electrons. The zero-order valence-electron chi connectivity index (χ0n) is 10.3. The van der Waals surface area contributed by atoms with Crippen LogP contribution < -0.4 is 0 Å². The first kappa shape index (κ1) is 12.8. The second-order valence-electron chi connectivity index (χ2n) is 4.08. The number of sulfone groups is 1. The van der Waals surface area contributed by atoms with E-state index in [-0.39, 0.29) is 0 Å². The summed E-state index contributed by atoms with van der Waals surface area (Å²) in [6.07, 6.45) is 5.08. The Bertz CT molecular complexity index is 558. The fraction of sp³-hybridized carbons (Fsp3) is 0.385. The summed E-state index contributed by atoms with van der Waals surface area (Å²) in [7, 11) is -3.59. The SMILES string of the molecule is C#CS(=O)(=O)c1c(C)c(C)c(C)c(C)c1C. The Labute approximate surface area is 97.6 Å². The van der Waals surface area contributed by atoms with Gasteiger partial charge in [-0.15, -0.1) is 6.42 Å². The Kier molecular flexibility index (Phi) is 3.16. The highest BCUT2D eigenvalue weighted by molar-refractivity contribution is 7.96. The average molecular weight is 236 g/mol. The molecule has 0 aliphatic heterocycles. The van der Waals surface area contributed by atoms with Crippen LogP contribution in [0.15, 0.2) is 4.90 Å². The highest BCUT2D eigenvalue weighted by atomic mass is 32.2. The largest absolute Gasteiger partial charge is 0.245 e. The van der Waals surface area contributed by atoms with Gasteiger partial charge in [-0.1, -0.05) is 0 Å². The van der Waals surface area contributed by atoms with Crippen LogP contribution in [0.3, 0.4) is 0 Å². The molecule has 0 aromatic heterocycles. The predicted octanol–water partition coefficient (Wildman–Crippen LogP) is 2.59. The molecule has 0 unspecified atom stereocenters. The summed E-state index contributed by atoms with van der Waals surface area (Å²) in [5.74, 6) is 0. The van der Waals surface area contributed by atoms with E-state index in [0.717, 1.165) is 27.8 Å². The molecular weight excluding hydrogens is 220 g/mol. The molecule has 0 saturated carbocycles. The van der Waals surface area contributed by atoms with Crippen molar-refractivity contribution in [2.75, 3.05) is 0 Å². The van der Waals surface area contributed by atoms with Crippen LogP contribution in [0.2, 0.25) is 0 Å². The van der Waals surface area contributed by atoms with Gasteiger partial charge >= 0.3 is 0 Å². The molecule has 1 aromatic carbocycles. The van der Waals surface area contributed by atoms with Gasteiger partial charge < -0.3 is 0 Å². The molecule has 0 spiro atoms. The van der Waals surface area contributed by atoms with Gasteiger partial charge in [0.15, 0.2) is 0 Å². The Hall–Kier alpha value is -1.27. The van der Waals surface area contributed by atoms with Gasteiger partial charge in [-0.2, -0.15) is 0 Å². The Morgan fingerprint density at radius 3 is 1.44 bits per heavy atom. The molecule has 1 rings (SSSR count). The molecule has 0 atom stereocenters. The van der Waals surface area contributed by atoms with Crippen LogP contribution in [-0.2, 0) is 9.84 Å². The highest BCUT2D eigenvalue weighted by Crippen LogP contribution is 2.29. The van der Waals surface area contributed by atoms with Crippen LogP contribution in [0.5, 0.6) is 0 Å². The van der Waals surface area contributed by atoms with Crippen molar-refractivity contribution in [3.63, 3.8) is 0 Å². The van der Waals surface area contributed by atoms with E-state index < -0.39 is 9.84 Å². The molecule has 0 bridgehead atoms. The van der Waals surface area contributed by atoms with Crippen molar-refractivity contribution in [1.82, 2.24) is 0 Å². The van der Waals surface area contributed by atoms with E-state index in [2.05, 4.69) is 0 Å². The van der Waals surface area contributed by atoms with Gasteiger partial charge in [-0.25, -0.2) is 8.42 Å². The molecule has 16 heavy (non-hydrogen) atoms. The lowest BCUT2D eigenvalue weighted by Gasteiger charge is -2.16. The fourth-order valence-electron chi connectivity index (χ4n) is 1.93. The smallest absolute Gasteiger partial charge is 0.210 e. The molecule has 0 aliphatic rings. The second-order valence-corrected chi connectivity index (χ2v) is 5.73. The van der Waals surface area contributed by atoms with E-state index in [4.69, 9.17) is 6.42 Å². The first-order chi connectivity index (χ1) is 7.24. The number of terminal acetylenes is 1. The minimum atomic E-state index is -3.59. The summed E-state index contributed by atoms with van der Waals surface area (Å²) < 4.78 is 23.6. The molecule has 0 heterocycles. The van der Waals surface area contributed by atoms with Gasteiger partial charge in [0.2, 0.25) is 9.84 Å². The molecule has 0 fully saturated rings. The van der Waals surface area contributed by atoms with Crippen molar-refractivity contribution in [3.05, 3.63) is 27.8 Å². The minimum Gasteiger partial charge on any atom is -0.210 e. The van der Waals surface area contributed by atoms with Crippen molar-refractivity contribution in [1.29, 1.82) is 0 Å². The van der Waals surface area contributed by atoms with E-state index in [1.165, 1.54) is 0 Å². The summed E-state index contributed by atoms with van der Waals surface area (Å²) in [4.78, 5) is 0.301. The molecule has 2 nitrogen and oxygen atoms in total. The summed E-state index contributed by atoms with van der Waals surface area (Å²) in [6, 6.07) is 0. The van der Waals surface area contributed by atoms with E-state index in [0.29, 0.717) is 4.90 Å². The monoisotopic (exact) mass is 236 g/mol. The van der Waals surface area contributed by atoms with Gasteiger partial charge in [0, 0.05) is 5.25 Å². The van der Waals surface area contributed by atoms with E-state index in [1.807, 2.05) is 26.0 Å². The van der Waals surface area contributed by atoms with Crippen LogP contribution in [0.1, 0.15) is 27.8 Å². The van der Waals surface area contributed by atoms with E-state index in [1.54, 1.807) is 13.8 Å². The number of hydrogen-bond acceptors (Lipinski definition) is 2. The van der Waals surface area contributed by atoms with Gasteiger partial charge in [0.05, 0.1) is 4.90 Å². The van der Waals surface area contributed by atoms with Crippen LogP contribution in [0.25, 0.3) is 0 Å². The van der Waals surface area contributed by atoms with Crippen molar-refractivity contribution >= 4 is 9.84 Å². The molecule has 0 saturated heterocycles. The minimum absolute atomic E-state index is 0.301. The zero-order valence-corrected chi connectivity index (χ0v) is 11.1. The number of hydrogen-bond donors (Lipinski definition) is 0. The third kappa shape index (κ3) is 1.74. The Morgan fingerprint density at radius 2 is 1.12 bits per heavy atom. The first-order valence-electron chi connectivity index (χ1n) is 5.03. The van der Waals surface area contributed by atoms with Gasteiger partial charge in [-0.05, 0) is 62.4 Å². The maximum absolute atomic E-state index is 11.8. The molecular formula is C13H16O2S. The van der Waals surface area contributed by atoms with Gasteiger partial charge in [0.1, 0.15) is 0 Å². The number of benzene rings is 1. The van der Waals surface area contributed by atoms with Crippen molar-refractivity contribution < 1.29 is 8.42 Å². The third-order valence-corrected chi connectivity index (χ3v) is 4.82. The van der Waals surface area contributed by atoms with Gasteiger partial charge in [-0.3, -0.25) is 0 Å². The molecule has 1 aromatic rings. The van der Waals surface area contributed by atoms with Crippen LogP contribution in [0, 0.1) is 46.3 Å². The lowest BCUT2D eigenvalue weighted by molar-refractivity contribution is 0.604. The molecule has 0 N–H and O–H groups in total. The summed E-state index contributed by atoms with van der Waals surface area (Å²) in [5, 5.41) is 1.89. The first-order valence-corrected chi connectivity index (χ1v) is 6.51. The normalized spacial score (nSPS) is 11.2. The summed E-state index contributed by atoms with van der Waals surface area (Å²) >= 11 is 0. The maximum Gasteiger partial charge on any atom is 0.245 e. The maximum atomic E-state index is 11.8. The lowest BCUT2D eigenvalue weighted by atomic mass is 9.95. The van der Waals surface area contributed by atoms with Crippen molar-refractivity contribution in [2.45, 2.75) is 39.5 Å². The van der Waals surface area contributed by atoms with E-state index in [9.17, 15) is 8.42 Å². The summed E-state index contributed by atoms with van der Waals surface area (Å²) in [6.45, 7) is 9.45. The second kappa shape index (κ2) is 3.95. The lowest BCUT2D eigenvalue weighted by Crippen LogP contribution is -2.07. The standard InChI is InChI=1S/C13H16O2S/c1-7-16(14,15)13-11(5)9(3)8(2)10(4)12(13)6/h1H,2-6H3. The Morgan fingerprint density at radius 1 is 0.812 bits per heavy atom. The highest BCUT2D eigenvalue weighted by Gasteiger charge is 2.21. The van der Waals surface area contributed by atoms with Crippen molar-refractivity contribution in [2.24, 2.45) is 0 Å². The molecule has 86 valence electrons. The number of rotatable bonds is 1. The zero-order chi connectivity index (χ0) is 12.7.